The molecule has 2 saturated heterocycles. The zero-order chi connectivity index (χ0) is 22.5. The van der Waals surface area contributed by atoms with Crippen LogP contribution >= 0.6 is 0 Å². The molecule has 2 aliphatic heterocycles. The van der Waals surface area contributed by atoms with Gasteiger partial charge in [0.05, 0.1) is 13.0 Å². The monoisotopic (exact) mass is 436 g/mol. The summed E-state index contributed by atoms with van der Waals surface area (Å²) >= 11 is 0. The minimum atomic E-state index is -0.347. The van der Waals surface area contributed by atoms with Crippen molar-refractivity contribution in [2.45, 2.75) is 25.8 Å². The minimum absolute atomic E-state index is 0.00331. The zero-order valence-corrected chi connectivity index (χ0v) is 18.2. The van der Waals surface area contributed by atoms with Crippen molar-refractivity contribution in [3.63, 3.8) is 0 Å². The number of rotatable bonds is 6. The van der Waals surface area contributed by atoms with Crippen LogP contribution in [0.2, 0.25) is 0 Å². The number of carbonyl (C=O) groups excluding carboxylic acids is 3. The molecule has 1 aromatic carbocycles. The predicted octanol–water partition coefficient (Wildman–Crippen LogP) is 2.00. The summed E-state index contributed by atoms with van der Waals surface area (Å²) in [5.41, 5.74) is 1.73. The molecule has 0 radical (unpaired) electrons. The van der Waals surface area contributed by atoms with Gasteiger partial charge in [-0.25, -0.2) is 0 Å². The van der Waals surface area contributed by atoms with E-state index in [1.54, 1.807) is 29.3 Å². The molecule has 0 aliphatic carbocycles. The van der Waals surface area contributed by atoms with Gasteiger partial charge in [-0.2, -0.15) is 0 Å². The van der Waals surface area contributed by atoms with Gasteiger partial charge in [0.1, 0.15) is 5.75 Å². The molecule has 32 heavy (non-hydrogen) atoms. The number of likely N-dealkylation sites (tertiary alicyclic amines) is 1. The van der Waals surface area contributed by atoms with Crippen LogP contribution in [-0.2, 0) is 20.9 Å². The Bertz CT molecular complexity index is 956. The van der Waals surface area contributed by atoms with Crippen LogP contribution in [0.1, 0.15) is 24.8 Å². The molecule has 1 aromatic heterocycles. The lowest BCUT2D eigenvalue weighted by molar-refractivity contribution is -0.139. The molecule has 0 saturated carbocycles. The van der Waals surface area contributed by atoms with E-state index < -0.39 is 0 Å². The molecule has 3 amide bonds. The summed E-state index contributed by atoms with van der Waals surface area (Å²) in [6.07, 6.45) is 4.92. The normalized spacial score (nSPS) is 19.2. The van der Waals surface area contributed by atoms with Gasteiger partial charge >= 0.3 is 0 Å². The van der Waals surface area contributed by atoms with Gasteiger partial charge in [0, 0.05) is 56.6 Å². The number of anilines is 1. The molecular weight excluding hydrogens is 408 g/mol. The van der Waals surface area contributed by atoms with Gasteiger partial charge in [0.25, 0.3) is 0 Å². The zero-order valence-electron chi connectivity index (χ0n) is 18.2. The molecule has 2 fully saturated rings. The number of amides is 3. The maximum Gasteiger partial charge on any atom is 0.228 e. The Labute approximate surface area is 187 Å². The fourth-order valence-corrected chi connectivity index (χ4v) is 4.34. The molecule has 2 aliphatic rings. The quantitative estimate of drug-likeness (QED) is 0.748. The molecule has 1 N–H and O–H groups in total. The number of piperidine rings is 1. The van der Waals surface area contributed by atoms with Gasteiger partial charge in [-0.15, -0.1) is 0 Å². The first-order chi connectivity index (χ1) is 15.5. The molecule has 1 atom stereocenters. The number of pyridine rings is 1. The lowest BCUT2D eigenvalue weighted by Gasteiger charge is -2.33. The van der Waals surface area contributed by atoms with E-state index in [2.05, 4.69) is 10.3 Å². The summed E-state index contributed by atoms with van der Waals surface area (Å²) in [4.78, 5) is 45.6. The Kier molecular flexibility index (Phi) is 6.68. The smallest absolute Gasteiger partial charge is 0.228 e. The maximum absolute atomic E-state index is 13.0. The van der Waals surface area contributed by atoms with E-state index in [9.17, 15) is 14.4 Å². The highest BCUT2D eigenvalue weighted by molar-refractivity contribution is 6.00. The topological polar surface area (TPSA) is 91.8 Å². The number of benzene rings is 1. The van der Waals surface area contributed by atoms with Crippen molar-refractivity contribution in [1.82, 2.24) is 15.2 Å². The first-order valence-electron chi connectivity index (χ1n) is 10.9. The largest absolute Gasteiger partial charge is 0.497 e. The lowest BCUT2D eigenvalue weighted by Crippen LogP contribution is -2.45. The first kappa shape index (κ1) is 21.8. The second-order valence-corrected chi connectivity index (χ2v) is 8.28. The lowest BCUT2D eigenvalue weighted by atomic mass is 9.94. The predicted molar refractivity (Wildman–Crippen MR) is 119 cm³/mol. The number of carbonyl (C=O) groups is 3. The Hall–Kier alpha value is -3.42. The minimum Gasteiger partial charge on any atom is -0.497 e. The Morgan fingerprint density at radius 1 is 1.12 bits per heavy atom. The van der Waals surface area contributed by atoms with E-state index in [4.69, 9.17) is 4.74 Å². The van der Waals surface area contributed by atoms with E-state index >= 15 is 0 Å². The summed E-state index contributed by atoms with van der Waals surface area (Å²) in [5, 5.41) is 2.96. The summed E-state index contributed by atoms with van der Waals surface area (Å²) in [5.74, 6) is 0.252. The SMILES string of the molecule is COc1ccc(N2CC(C(=O)N3CCC(C(=O)NCc4cccnc4)CC3)CC2=O)cc1. The van der Waals surface area contributed by atoms with E-state index in [-0.39, 0.29) is 36.0 Å². The first-order valence-corrected chi connectivity index (χ1v) is 10.9. The van der Waals surface area contributed by atoms with E-state index in [0.717, 1.165) is 17.0 Å². The van der Waals surface area contributed by atoms with Gasteiger partial charge in [-0.05, 0) is 48.7 Å². The third kappa shape index (κ3) is 4.90. The fourth-order valence-electron chi connectivity index (χ4n) is 4.34. The Balaban J connectivity index is 1.26. The highest BCUT2D eigenvalue weighted by Gasteiger charge is 2.38. The number of nitrogens with zero attached hydrogens (tertiary/aromatic N) is 3. The number of nitrogens with one attached hydrogen (secondary N) is 1. The molecule has 2 aromatic rings. The standard InChI is InChI=1S/C24H28N4O4/c1-32-21-6-4-20(5-7-21)28-16-19(13-22(28)29)24(31)27-11-8-18(9-12-27)23(30)26-15-17-3-2-10-25-14-17/h2-7,10,14,18-19H,8-9,11-13,15-16H2,1H3,(H,26,30). The molecule has 0 spiro atoms. The van der Waals surface area contributed by atoms with Crippen LogP contribution < -0.4 is 15.0 Å². The maximum atomic E-state index is 13.0. The van der Waals surface area contributed by atoms with Crippen molar-refractivity contribution >= 4 is 23.4 Å². The van der Waals surface area contributed by atoms with E-state index in [0.29, 0.717) is 39.0 Å². The van der Waals surface area contributed by atoms with Crippen molar-refractivity contribution in [2.24, 2.45) is 11.8 Å². The van der Waals surface area contributed by atoms with Crippen molar-refractivity contribution in [3.05, 3.63) is 54.4 Å². The van der Waals surface area contributed by atoms with Crippen LogP contribution in [-0.4, -0.2) is 54.3 Å². The van der Waals surface area contributed by atoms with Crippen molar-refractivity contribution in [3.8, 4) is 5.75 Å². The third-order valence-corrected chi connectivity index (χ3v) is 6.23. The van der Waals surface area contributed by atoms with Crippen LogP contribution in [0.3, 0.4) is 0 Å². The van der Waals surface area contributed by atoms with E-state index in [1.165, 1.54) is 0 Å². The number of methoxy groups -OCH3 is 1. The van der Waals surface area contributed by atoms with Crippen LogP contribution in [0, 0.1) is 11.8 Å². The van der Waals surface area contributed by atoms with Gasteiger partial charge in [0.2, 0.25) is 17.7 Å². The summed E-state index contributed by atoms with van der Waals surface area (Å²) < 4.78 is 5.17. The Morgan fingerprint density at radius 2 is 1.88 bits per heavy atom. The summed E-state index contributed by atoms with van der Waals surface area (Å²) in [6, 6.07) is 11.0. The van der Waals surface area contributed by atoms with Crippen molar-refractivity contribution in [1.29, 1.82) is 0 Å². The number of aromatic nitrogens is 1. The highest BCUT2D eigenvalue weighted by atomic mass is 16.5. The highest BCUT2D eigenvalue weighted by Crippen LogP contribution is 2.29. The molecule has 1 unspecified atom stereocenters. The van der Waals surface area contributed by atoms with E-state index in [1.807, 2.05) is 36.4 Å². The summed E-state index contributed by atoms with van der Waals surface area (Å²) in [6.45, 7) is 1.92. The average molecular weight is 437 g/mol. The second kappa shape index (κ2) is 9.80. The molecule has 8 nitrogen and oxygen atoms in total. The molecule has 4 rings (SSSR count). The van der Waals surface area contributed by atoms with Crippen molar-refractivity contribution in [2.75, 3.05) is 31.6 Å². The van der Waals surface area contributed by atoms with Gasteiger partial charge in [0.15, 0.2) is 0 Å². The number of hydrogen-bond acceptors (Lipinski definition) is 5. The molecule has 168 valence electrons. The van der Waals surface area contributed by atoms with Gasteiger partial charge < -0.3 is 19.9 Å². The van der Waals surface area contributed by atoms with Crippen LogP contribution in [0.4, 0.5) is 5.69 Å². The van der Waals surface area contributed by atoms with Crippen LogP contribution in [0.5, 0.6) is 5.75 Å². The number of hydrogen-bond donors (Lipinski definition) is 1. The molecule has 3 heterocycles. The number of ether oxygens (including phenoxy) is 1. The molecular formula is C24H28N4O4. The van der Waals surface area contributed by atoms with Gasteiger partial charge in [-0.1, -0.05) is 6.07 Å². The average Bonchev–Trinajstić information content (AvgIpc) is 3.24. The second-order valence-electron chi connectivity index (χ2n) is 8.28. The molecule has 0 bridgehead atoms. The van der Waals surface area contributed by atoms with Crippen molar-refractivity contribution < 1.29 is 19.1 Å². The fraction of sp³-hybridized carbons (Fsp3) is 0.417. The third-order valence-electron chi connectivity index (χ3n) is 6.23. The van der Waals surface area contributed by atoms with Crippen LogP contribution in [0.15, 0.2) is 48.8 Å². The molecule has 8 heteroatoms. The van der Waals surface area contributed by atoms with Gasteiger partial charge in [-0.3, -0.25) is 19.4 Å². The summed E-state index contributed by atoms with van der Waals surface area (Å²) in [7, 11) is 1.60. The Morgan fingerprint density at radius 3 is 2.53 bits per heavy atom. The van der Waals surface area contributed by atoms with Crippen LogP contribution in [0.25, 0.3) is 0 Å².